The summed E-state index contributed by atoms with van der Waals surface area (Å²) in [7, 11) is 0. The molecule has 0 bridgehead atoms. The van der Waals surface area contributed by atoms with Gasteiger partial charge in [-0.15, -0.1) is 0 Å². The number of hydrogen-bond acceptors (Lipinski definition) is 2. The Balaban J connectivity index is 1.26. The van der Waals surface area contributed by atoms with Gasteiger partial charge in [-0.05, 0) is 99.8 Å². The molecule has 216 valence electrons. The van der Waals surface area contributed by atoms with Crippen molar-refractivity contribution in [2.75, 3.05) is 4.90 Å². The lowest BCUT2D eigenvalue weighted by Gasteiger charge is -2.27. The fourth-order valence-electron chi connectivity index (χ4n) is 6.56. The van der Waals surface area contributed by atoms with Crippen LogP contribution in [0.3, 0.4) is 0 Å². The molecule has 0 saturated heterocycles. The maximum absolute atomic E-state index is 6.23. The van der Waals surface area contributed by atoms with Crippen LogP contribution in [0, 0.1) is 0 Å². The van der Waals surface area contributed by atoms with Crippen molar-refractivity contribution in [3.63, 3.8) is 0 Å². The molecule has 0 fully saturated rings. The van der Waals surface area contributed by atoms with E-state index in [1.54, 1.807) is 0 Å². The zero-order valence-electron chi connectivity index (χ0n) is 25.1. The van der Waals surface area contributed by atoms with Crippen molar-refractivity contribution in [2.45, 2.75) is 19.4 Å². The summed E-state index contributed by atoms with van der Waals surface area (Å²) in [5, 5.41) is 0. The van der Waals surface area contributed by atoms with Crippen LogP contribution >= 0.6 is 0 Å². The molecule has 45 heavy (non-hydrogen) atoms. The van der Waals surface area contributed by atoms with E-state index in [0.717, 1.165) is 46.8 Å². The normalized spacial score (nSPS) is 13.3. The van der Waals surface area contributed by atoms with Gasteiger partial charge in [0.25, 0.3) is 0 Å². The number of hydrogen-bond donors (Lipinski definition) is 0. The van der Waals surface area contributed by atoms with Crippen LogP contribution in [0.1, 0.15) is 24.0 Å². The second-order valence-electron chi connectivity index (χ2n) is 11.6. The Kier molecular flexibility index (Phi) is 7.09. The lowest BCUT2D eigenvalue weighted by atomic mass is 9.89. The summed E-state index contributed by atoms with van der Waals surface area (Å²) >= 11 is 0. The van der Waals surface area contributed by atoms with Crippen molar-refractivity contribution in [3.8, 4) is 39.1 Å². The second-order valence-corrected chi connectivity index (χ2v) is 11.6. The van der Waals surface area contributed by atoms with E-state index >= 15 is 0 Å². The molecular formula is C43H33NO. The molecule has 0 saturated carbocycles. The molecule has 0 unspecified atom stereocenters. The topological polar surface area (TPSA) is 12.5 Å². The highest BCUT2D eigenvalue weighted by molar-refractivity contribution is 5.91. The highest BCUT2D eigenvalue weighted by Crippen LogP contribution is 2.45. The van der Waals surface area contributed by atoms with Crippen molar-refractivity contribution in [1.29, 1.82) is 0 Å². The minimum absolute atomic E-state index is 0.599. The Bertz CT molecular complexity index is 2050. The predicted molar refractivity (Wildman–Crippen MR) is 188 cm³/mol. The minimum atomic E-state index is 0.599. The van der Waals surface area contributed by atoms with Gasteiger partial charge in [-0.1, -0.05) is 121 Å². The molecule has 6 aromatic rings. The summed E-state index contributed by atoms with van der Waals surface area (Å²) in [4.78, 5) is 2.37. The molecule has 0 aromatic heterocycles. The number of ether oxygens (including phenoxy) is 1. The first-order valence-electron chi connectivity index (χ1n) is 15.7. The molecule has 0 amide bonds. The average molecular weight is 580 g/mol. The third-order valence-corrected chi connectivity index (χ3v) is 8.78. The van der Waals surface area contributed by atoms with Gasteiger partial charge in [-0.2, -0.15) is 0 Å². The lowest BCUT2D eigenvalue weighted by Crippen LogP contribution is -2.10. The second kappa shape index (κ2) is 11.8. The van der Waals surface area contributed by atoms with E-state index in [4.69, 9.17) is 4.74 Å². The molecule has 1 aliphatic carbocycles. The summed E-state index contributed by atoms with van der Waals surface area (Å²) in [6.45, 7) is 0.599. The fraction of sp³-hybridized carbons (Fsp3) is 0.0698. The Morgan fingerprint density at radius 1 is 0.489 bits per heavy atom. The highest BCUT2D eigenvalue weighted by atomic mass is 16.5. The largest absolute Gasteiger partial charge is 0.488 e. The van der Waals surface area contributed by atoms with Gasteiger partial charge in [0.2, 0.25) is 0 Å². The van der Waals surface area contributed by atoms with Crippen molar-refractivity contribution in [2.24, 2.45) is 0 Å². The number of rotatable bonds is 6. The first-order valence-corrected chi connectivity index (χ1v) is 15.7. The van der Waals surface area contributed by atoms with E-state index in [1.807, 2.05) is 0 Å². The van der Waals surface area contributed by atoms with E-state index < -0.39 is 0 Å². The van der Waals surface area contributed by atoms with Crippen molar-refractivity contribution in [3.05, 3.63) is 175 Å². The van der Waals surface area contributed by atoms with Gasteiger partial charge >= 0.3 is 0 Å². The van der Waals surface area contributed by atoms with E-state index in [1.165, 1.54) is 39.0 Å². The van der Waals surface area contributed by atoms with Gasteiger partial charge in [-0.3, -0.25) is 0 Å². The third kappa shape index (κ3) is 5.25. The lowest BCUT2D eigenvalue weighted by molar-refractivity contribution is 0.302. The highest BCUT2D eigenvalue weighted by Gasteiger charge is 2.22. The molecule has 8 rings (SSSR count). The maximum atomic E-state index is 6.23. The van der Waals surface area contributed by atoms with E-state index in [2.05, 4.69) is 169 Å². The van der Waals surface area contributed by atoms with E-state index in [9.17, 15) is 0 Å². The third-order valence-electron chi connectivity index (χ3n) is 8.78. The smallest absolute Gasteiger partial charge is 0.128 e. The Morgan fingerprint density at radius 3 is 1.96 bits per heavy atom. The van der Waals surface area contributed by atoms with Crippen LogP contribution in [0.15, 0.2) is 164 Å². The Morgan fingerprint density at radius 2 is 1.16 bits per heavy atom. The number of allylic oxidation sites excluding steroid dienone is 4. The maximum Gasteiger partial charge on any atom is 0.128 e. The number of benzene rings is 6. The van der Waals surface area contributed by atoms with Gasteiger partial charge in [-0.25, -0.2) is 0 Å². The number of nitrogens with zero attached hydrogens (tertiary/aromatic N) is 1. The Labute approximate surface area is 265 Å². The summed E-state index contributed by atoms with van der Waals surface area (Å²) in [5.74, 6) is 0.937. The van der Waals surface area contributed by atoms with Crippen LogP contribution in [-0.4, -0.2) is 0 Å². The van der Waals surface area contributed by atoms with Crippen LogP contribution < -0.4 is 9.64 Å². The molecular weight excluding hydrogens is 546 g/mol. The van der Waals surface area contributed by atoms with Crippen LogP contribution in [-0.2, 0) is 6.61 Å². The number of anilines is 3. The molecule has 2 nitrogen and oxygen atoms in total. The van der Waals surface area contributed by atoms with Gasteiger partial charge in [0.05, 0.1) is 0 Å². The summed E-state index contributed by atoms with van der Waals surface area (Å²) in [6, 6.07) is 52.3. The van der Waals surface area contributed by atoms with Crippen LogP contribution in [0.4, 0.5) is 17.1 Å². The average Bonchev–Trinajstić information content (AvgIpc) is 3.13. The fourth-order valence-corrected chi connectivity index (χ4v) is 6.56. The quantitative estimate of drug-likeness (QED) is 0.195. The molecule has 0 N–H and O–H groups in total. The van der Waals surface area contributed by atoms with Crippen molar-refractivity contribution >= 4 is 22.6 Å². The summed E-state index contributed by atoms with van der Waals surface area (Å²) in [5.41, 5.74) is 14.2. The molecule has 6 aromatic carbocycles. The van der Waals surface area contributed by atoms with E-state index in [-0.39, 0.29) is 0 Å². The predicted octanol–water partition coefficient (Wildman–Crippen LogP) is 11.8. The van der Waals surface area contributed by atoms with Crippen LogP contribution in [0.25, 0.3) is 39.0 Å². The molecule has 0 spiro atoms. The molecule has 0 atom stereocenters. The first-order chi connectivity index (χ1) is 22.3. The first kappa shape index (κ1) is 27.0. The zero-order chi connectivity index (χ0) is 30.0. The van der Waals surface area contributed by atoms with Crippen molar-refractivity contribution in [1.82, 2.24) is 0 Å². The van der Waals surface area contributed by atoms with Gasteiger partial charge in [0.1, 0.15) is 12.4 Å². The monoisotopic (exact) mass is 579 g/mol. The van der Waals surface area contributed by atoms with Crippen molar-refractivity contribution < 1.29 is 4.74 Å². The molecule has 0 radical (unpaired) electrons. The number of fused-ring (bicyclic) bond motifs is 3. The molecule has 2 heteroatoms. The summed E-state index contributed by atoms with van der Waals surface area (Å²) < 4.78 is 6.23. The Hall–Kier alpha value is -5.60. The molecule has 1 aliphatic heterocycles. The zero-order valence-corrected chi connectivity index (χ0v) is 25.1. The van der Waals surface area contributed by atoms with Crippen LogP contribution in [0.2, 0.25) is 0 Å². The molecule has 2 aliphatic rings. The minimum Gasteiger partial charge on any atom is -0.488 e. The molecule has 1 heterocycles. The van der Waals surface area contributed by atoms with Gasteiger partial charge < -0.3 is 9.64 Å². The summed E-state index contributed by atoms with van der Waals surface area (Å²) in [6.07, 6.45) is 9.05. The standard InChI is InChI=1S/C43H33NO/c1-3-12-31(13-4-1)33-24-26-37(27-25-33)44(38-19-9-17-34(28-38)32-14-5-2-6-15-32)39-20-10-18-35(29-39)40-22-11-23-42-43(40)41-21-8-7-16-36(41)30-45-42/h1,3-5,7-29H,2,6,30H2. The van der Waals surface area contributed by atoms with E-state index in [0.29, 0.717) is 6.61 Å². The SMILES string of the molecule is C1=CC(c2cccc(N(c3ccc(-c4ccccc4)cc3)c3cccc(-c4cccc5c4-c4ccccc4CO5)c3)c2)=CCC1. The van der Waals surface area contributed by atoms with Gasteiger partial charge in [0, 0.05) is 22.6 Å². The van der Waals surface area contributed by atoms with Gasteiger partial charge in [0.15, 0.2) is 0 Å². The van der Waals surface area contributed by atoms with Crippen LogP contribution in [0.5, 0.6) is 5.75 Å².